The van der Waals surface area contributed by atoms with Crippen molar-refractivity contribution < 1.29 is 4.79 Å². The van der Waals surface area contributed by atoms with E-state index in [9.17, 15) is 4.79 Å². The number of halogens is 1. The maximum absolute atomic E-state index is 12.8. The summed E-state index contributed by atoms with van der Waals surface area (Å²) in [5.41, 5.74) is 2.70. The summed E-state index contributed by atoms with van der Waals surface area (Å²) in [5, 5.41) is 6.87. The second-order valence-electron chi connectivity index (χ2n) is 8.18. The predicted molar refractivity (Wildman–Crippen MR) is 129 cm³/mol. The molecule has 1 fully saturated rings. The fourth-order valence-corrected chi connectivity index (χ4v) is 4.21. The van der Waals surface area contributed by atoms with Crippen LogP contribution in [0.1, 0.15) is 41.7 Å². The first-order valence-corrected chi connectivity index (χ1v) is 11.4. The second-order valence-corrected chi connectivity index (χ2v) is 8.62. The summed E-state index contributed by atoms with van der Waals surface area (Å²) in [6, 6.07) is 15.5. The average Bonchev–Trinajstić information content (AvgIpc) is 2.85. The van der Waals surface area contributed by atoms with E-state index >= 15 is 0 Å². The lowest BCUT2D eigenvalue weighted by Crippen LogP contribution is -2.37. The normalized spacial score (nSPS) is 15.8. The lowest BCUT2D eigenvalue weighted by Gasteiger charge is -2.36. The Balaban J connectivity index is 1.31. The largest absolute Gasteiger partial charge is 0.384 e. The molecule has 0 radical (unpaired) electrons. The summed E-state index contributed by atoms with van der Waals surface area (Å²) in [7, 11) is 0. The van der Waals surface area contributed by atoms with Gasteiger partial charge in [0.25, 0.3) is 5.91 Å². The van der Waals surface area contributed by atoms with Crippen molar-refractivity contribution in [3.63, 3.8) is 0 Å². The number of para-hydroxylation sites is 1. The first kappa shape index (κ1) is 22.2. The van der Waals surface area contributed by atoms with Crippen LogP contribution in [0.4, 0.5) is 11.5 Å². The second kappa shape index (κ2) is 10.6. The molecule has 1 aliphatic rings. The van der Waals surface area contributed by atoms with Crippen molar-refractivity contribution in [1.82, 2.24) is 14.9 Å². The van der Waals surface area contributed by atoms with Gasteiger partial charge in [-0.25, -0.2) is 4.98 Å². The highest BCUT2D eigenvalue weighted by Gasteiger charge is 2.24. The zero-order valence-corrected chi connectivity index (χ0v) is 18.9. The number of hydrogen-bond donors (Lipinski definition) is 2. The molecule has 0 saturated carbocycles. The Morgan fingerprint density at radius 3 is 2.66 bits per heavy atom. The average molecular weight is 450 g/mol. The van der Waals surface area contributed by atoms with Crippen molar-refractivity contribution in [2.75, 3.05) is 30.3 Å². The van der Waals surface area contributed by atoms with Crippen molar-refractivity contribution in [2.45, 2.75) is 25.8 Å². The molecule has 0 aliphatic carbocycles. The number of piperidine rings is 1. The van der Waals surface area contributed by atoms with Crippen molar-refractivity contribution in [2.24, 2.45) is 5.92 Å². The number of likely N-dealkylation sites (tertiary alicyclic amines) is 1. The van der Waals surface area contributed by atoms with Gasteiger partial charge in [-0.3, -0.25) is 14.7 Å². The summed E-state index contributed by atoms with van der Waals surface area (Å²) >= 11 is 5.87. The molecule has 0 bridgehead atoms. The fourth-order valence-electron chi connectivity index (χ4n) is 4.10. The Labute approximate surface area is 194 Å². The third kappa shape index (κ3) is 5.64. The van der Waals surface area contributed by atoms with Gasteiger partial charge in [-0.15, -0.1) is 0 Å². The van der Waals surface area contributed by atoms with E-state index in [0.29, 0.717) is 28.4 Å². The molecule has 4 rings (SSSR count). The first-order valence-electron chi connectivity index (χ1n) is 11.0. The first-order chi connectivity index (χ1) is 15.6. The topological polar surface area (TPSA) is 70.2 Å². The maximum Gasteiger partial charge on any atom is 0.258 e. The number of nitrogens with zero attached hydrogens (tertiary/aromatic N) is 3. The number of carbonyl (C=O) groups excluding carboxylic acids is 1. The quantitative estimate of drug-likeness (QED) is 0.514. The van der Waals surface area contributed by atoms with Crippen LogP contribution in [0.15, 0.2) is 67.1 Å². The molecule has 1 atom stereocenters. The van der Waals surface area contributed by atoms with Crippen LogP contribution >= 0.6 is 11.6 Å². The molecular formula is C25H28ClN5O. The predicted octanol–water partition coefficient (Wildman–Crippen LogP) is 5.27. The summed E-state index contributed by atoms with van der Waals surface area (Å²) in [6.45, 7) is 5.22. The number of anilines is 2. The van der Waals surface area contributed by atoms with E-state index in [1.54, 1.807) is 12.1 Å². The smallest absolute Gasteiger partial charge is 0.258 e. The molecule has 1 aromatic carbocycles. The monoisotopic (exact) mass is 449 g/mol. The van der Waals surface area contributed by atoms with Crippen LogP contribution in [-0.4, -0.2) is 40.4 Å². The number of pyridine rings is 2. The van der Waals surface area contributed by atoms with Gasteiger partial charge in [0.2, 0.25) is 0 Å². The van der Waals surface area contributed by atoms with Gasteiger partial charge in [-0.2, -0.15) is 0 Å². The third-order valence-electron chi connectivity index (χ3n) is 6.09. The molecule has 7 heteroatoms. The highest BCUT2D eigenvalue weighted by Crippen LogP contribution is 2.27. The van der Waals surface area contributed by atoms with Crippen LogP contribution in [0.3, 0.4) is 0 Å². The fraction of sp³-hybridized carbons (Fsp3) is 0.320. The van der Waals surface area contributed by atoms with Crippen molar-refractivity contribution in [3.05, 3.63) is 83.3 Å². The lowest BCUT2D eigenvalue weighted by atomic mass is 9.94. The summed E-state index contributed by atoms with van der Waals surface area (Å²) in [6.07, 6.45) is 7.54. The molecule has 1 saturated heterocycles. The molecule has 32 heavy (non-hydrogen) atoms. The van der Waals surface area contributed by atoms with Crippen molar-refractivity contribution >= 4 is 29.0 Å². The third-order valence-corrected chi connectivity index (χ3v) is 6.31. The Morgan fingerprint density at radius 1 is 1.12 bits per heavy atom. The van der Waals surface area contributed by atoms with Crippen LogP contribution < -0.4 is 10.6 Å². The zero-order valence-electron chi connectivity index (χ0n) is 18.2. The molecule has 0 spiro atoms. The van der Waals surface area contributed by atoms with Gasteiger partial charge in [0.1, 0.15) is 5.82 Å². The number of amides is 1. The number of carbonyl (C=O) groups is 1. The zero-order chi connectivity index (χ0) is 22.3. The van der Waals surface area contributed by atoms with Gasteiger partial charge < -0.3 is 10.6 Å². The highest BCUT2D eigenvalue weighted by atomic mass is 35.5. The van der Waals surface area contributed by atoms with E-state index in [1.165, 1.54) is 11.8 Å². The van der Waals surface area contributed by atoms with Gasteiger partial charge in [0.15, 0.2) is 0 Å². The molecule has 6 nitrogen and oxygen atoms in total. The van der Waals surface area contributed by atoms with Crippen LogP contribution in [0.25, 0.3) is 0 Å². The van der Waals surface area contributed by atoms with E-state index in [1.807, 2.05) is 42.7 Å². The molecular weight excluding hydrogens is 422 g/mol. The number of rotatable bonds is 7. The molecule has 166 valence electrons. The van der Waals surface area contributed by atoms with Crippen LogP contribution in [0.5, 0.6) is 0 Å². The molecule has 2 aromatic heterocycles. The van der Waals surface area contributed by atoms with Gasteiger partial charge in [0, 0.05) is 36.9 Å². The summed E-state index contributed by atoms with van der Waals surface area (Å²) in [5.74, 6) is 0.855. The minimum absolute atomic E-state index is 0.192. The number of aromatic nitrogens is 2. The van der Waals surface area contributed by atoms with E-state index in [-0.39, 0.29) is 5.91 Å². The minimum Gasteiger partial charge on any atom is -0.384 e. The Bertz CT molecular complexity index is 1020. The minimum atomic E-state index is -0.192. The van der Waals surface area contributed by atoms with Gasteiger partial charge in [-0.05, 0) is 74.7 Å². The Hall–Kier alpha value is -2.96. The van der Waals surface area contributed by atoms with Gasteiger partial charge in [0.05, 0.1) is 10.6 Å². The molecule has 3 heterocycles. The van der Waals surface area contributed by atoms with E-state index in [2.05, 4.69) is 38.5 Å². The van der Waals surface area contributed by atoms with Crippen molar-refractivity contribution in [1.29, 1.82) is 0 Å². The van der Waals surface area contributed by atoms with Gasteiger partial charge in [-0.1, -0.05) is 29.8 Å². The number of benzene rings is 1. The Kier molecular flexibility index (Phi) is 7.35. The molecule has 1 aliphatic heterocycles. The number of nitrogens with one attached hydrogen (secondary N) is 2. The lowest BCUT2D eigenvalue weighted by molar-refractivity contribution is 0.102. The maximum atomic E-state index is 12.8. The van der Waals surface area contributed by atoms with Crippen LogP contribution in [-0.2, 0) is 0 Å². The van der Waals surface area contributed by atoms with Gasteiger partial charge >= 0.3 is 0 Å². The molecule has 3 aromatic rings. The molecule has 2 N–H and O–H groups in total. The molecule has 1 amide bonds. The summed E-state index contributed by atoms with van der Waals surface area (Å²) < 4.78 is 0. The Morgan fingerprint density at radius 2 is 1.94 bits per heavy atom. The van der Waals surface area contributed by atoms with E-state index in [0.717, 1.165) is 38.2 Å². The standard InChI is InChI=1S/C25H28ClN5O/c1-18(20-5-4-12-27-16-20)31-13-10-19(11-14-31)15-28-23-7-3-2-6-22(23)25(32)30-24-9-8-21(26)17-29-24/h2-9,12,16-19,28H,10-11,13-15H2,1H3,(H,29,30,32). The van der Waals surface area contributed by atoms with Crippen LogP contribution in [0, 0.1) is 5.92 Å². The highest BCUT2D eigenvalue weighted by molar-refractivity contribution is 6.30. The summed E-state index contributed by atoms with van der Waals surface area (Å²) in [4.78, 5) is 23.7. The SMILES string of the molecule is CC(c1cccnc1)N1CCC(CNc2ccccc2C(=O)Nc2ccc(Cl)cn2)CC1. The van der Waals surface area contributed by atoms with E-state index < -0.39 is 0 Å². The van der Waals surface area contributed by atoms with Crippen LogP contribution in [0.2, 0.25) is 5.02 Å². The van der Waals surface area contributed by atoms with Crippen molar-refractivity contribution in [3.8, 4) is 0 Å². The number of hydrogen-bond acceptors (Lipinski definition) is 5. The molecule has 1 unspecified atom stereocenters. The van der Waals surface area contributed by atoms with E-state index in [4.69, 9.17) is 11.6 Å².